The van der Waals surface area contributed by atoms with Crippen molar-refractivity contribution in [1.29, 1.82) is 0 Å². The van der Waals surface area contributed by atoms with Gasteiger partial charge in [-0.15, -0.1) is 0 Å². The van der Waals surface area contributed by atoms with Gasteiger partial charge in [-0.2, -0.15) is 0 Å². The van der Waals surface area contributed by atoms with E-state index in [-0.39, 0.29) is 11.7 Å². The van der Waals surface area contributed by atoms with E-state index >= 15 is 0 Å². The molecule has 3 atom stereocenters. The summed E-state index contributed by atoms with van der Waals surface area (Å²) in [5, 5.41) is 10.0. The van der Waals surface area contributed by atoms with Gasteiger partial charge in [0.15, 0.2) is 0 Å². The highest BCUT2D eigenvalue weighted by atomic mass is 19.1. The van der Waals surface area contributed by atoms with E-state index in [2.05, 4.69) is 64.7 Å². The number of benzene rings is 3. The summed E-state index contributed by atoms with van der Waals surface area (Å²) < 4.78 is 14.9. The molecule has 3 aromatic rings. The maximum Gasteiger partial charge on any atom is 0.251 e. The number of rotatable bonds is 8. The molecule has 3 aromatic carbocycles. The summed E-state index contributed by atoms with van der Waals surface area (Å²) in [6.07, 6.45) is 0. The van der Waals surface area contributed by atoms with Crippen LogP contribution in [0, 0.1) is 5.82 Å². The van der Waals surface area contributed by atoms with Gasteiger partial charge in [0.2, 0.25) is 0 Å². The summed E-state index contributed by atoms with van der Waals surface area (Å²) in [6.45, 7) is 13.6. The molecule has 0 bridgehead atoms. The molecule has 6 nitrogen and oxygen atoms in total. The molecule has 0 radical (unpaired) electrons. The summed E-state index contributed by atoms with van der Waals surface area (Å²) in [5.74, 6) is -0.381. The minimum Gasteiger partial charge on any atom is -0.348 e. The van der Waals surface area contributed by atoms with Crippen molar-refractivity contribution in [1.82, 2.24) is 25.8 Å². The van der Waals surface area contributed by atoms with Crippen molar-refractivity contribution in [2.75, 3.05) is 32.7 Å². The first-order valence-corrected chi connectivity index (χ1v) is 14.5. The number of piperazine rings is 2. The number of hydrogen-bond acceptors (Lipinski definition) is 5. The average molecular weight is 544 g/mol. The van der Waals surface area contributed by atoms with E-state index in [1.807, 2.05) is 36.4 Å². The zero-order valence-corrected chi connectivity index (χ0v) is 23.9. The van der Waals surface area contributed by atoms with Crippen LogP contribution >= 0.6 is 0 Å². The second-order valence-corrected chi connectivity index (χ2v) is 11.6. The Hall–Kier alpha value is -3.10. The molecule has 0 saturated carbocycles. The molecule has 7 heteroatoms. The molecule has 212 valence electrons. The number of hydrogen-bond donors (Lipinski definition) is 3. The smallest absolute Gasteiger partial charge is 0.251 e. The second kappa shape index (κ2) is 13.0. The minimum absolute atomic E-state index is 0.123. The third-order valence-electron chi connectivity index (χ3n) is 8.05. The molecule has 5 rings (SSSR count). The fraction of sp³-hybridized carbons (Fsp3) is 0.424. The Kier molecular flexibility index (Phi) is 9.27. The molecule has 2 saturated heterocycles. The highest BCUT2D eigenvalue weighted by Gasteiger charge is 2.22. The average Bonchev–Trinajstić information content (AvgIpc) is 2.95. The van der Waals surface area contributed by atoms with Gasteiger partial charge in [-0.25, -0.2) is 4.39 Å². The van der Waals surface area contributed by atoms with Gasteiger partial charge in [0.05, 0.1) is 0 Å². The van der Waals surface area contributed by atoms with Crippen LogP contribution in [0.15, 0.2) is 66.7 Å². The topological polar surface area (TPSA) is 59.6 Å². The maximum absolute atomic E-state index is 14.9. The largest absolute Gasteiger partial charge is 0.348 e. The van der Waals surface area contributed by atoms with E-state index in [1.165, 1.54) is 11.6 Å². The van der Waals surface area contributed by atoms with Crippen LogP contribution in [-0.2, 0) is 19.6 Å². The zero-order valence-electron chi connectivity index (χ0n) is 23.9. The first-order chi connectivity index (χ1) is 19.3. The third-order valence-corrected chi connectivity index (χ3v) is 8.05. The molecule has 2 aliphatic heterocycles. The van der Waals surface area contributed by atoms with Crippen LogP contribution in [-0.4, -0.2) is 66.6 Å². The quantitative estimate of drug-likeness (QED) is 0.393. The van der Waals surface area contributed by atoms with E-state index in [4.69, 9.17) is 0 Å². The molecule has 40 heavy (non-hydrogen) atoms. The predicted molar refractivity (Wildman–Crippen MR) is 160 cm³/mol. The summed E-state index contributed by atoms with van der Waals surface area (Å²) in [6, 6.07) is 22.5. The van der Waals surface area contributed by atoms with Crippen LogP contribution in [0.25, 0.3) is 11.1 Å². The van der Waals surface area contributed by atoms with Crippen molar-refractivity contribution in [3.8, 4) is 11.1 Å². The Bertz CT molecular complexity index is 1310. The third kappa shape index (κ3) is 7.34. The van der Waals surface area contributed by atoms with E-state index < -0.39 is 0 Å². The molecule has 2 heterocycles. The van der Waals surface area contributed by atoms with Gasteiger partial charge in [-0.1, -0.05) is 36.4 Å². The van der Waals surface area contributed by atoms with Crippen LogP contribution in [0.1, 0.15) is 47.8 Å². The predicted octanol–water partition coefficient (Wildman–Crippen LogP) is 4.40. The maximum atomic E-state index is 14.9. The number of nitrogens with one attached hydrogen (secondary N) is 3. The summed E-state index contributed by atoms with van der Waals surface area (Å²) >= 11 is 0. The van der Waals surface area contributed by atoms with Crippen molar-refractivity contribution in [2.45, 2.75) is 58.5 Å². The van der Waals surface area contributed by atoms with Crippen molar-refractivity contribution < 1.29 is 9.18 Å². The molecule has 2 fully saturated rings. The Labute approximate surface area is 238 Å². The van der Waals surface area contributed by atoms with Gasteiger partial charge in [0, 0.05) is 81.6 Å². The highest BCUT2D eigenvalue weighted by molar-refractivity contribution is 5.94. The lowest BCUT2D eigenvalue weighted by Gasteiger charge is -2.37. The van der Waals surface area contributed by atoms with Gasteiger partial charge in [-0.05, 0) is 73.4 Å². The molecule has 1 amide bonds. The summed E-state index contributed by atoms with van der Waals surface area (Å²) in [7, 11) is 0. The molecule has 0 aliphatic carbocycles. The van der Waals surface area contributed by atoms with E-state index in [1.54, 1.807) is 6.07 Å². The van der Waals surface area contributed by atoms with E-state index in [0.717, 1.165) is 62.5 Å². The Balaban J connectivity index is 1.22. The minimum atomic E-state index is -0.257. The number of carbonyl (C=O) groups is 1. The van der Waals surface area contributed by atoms with Crippen molar-refractivity contribution in [3.05, 3.63) is 94.8 Å². The molecule has 2 unspecified atom stereocenters. The molecule has 2 aliphatic rings. The lowest BCUT2D eigenvalue weighted by molar-refractivity contribution is 0.0950. The van der Waals surface area contributed by atoms with Crippen LogP contribution in [0.2, 0.25) is 0 Å². The second-order valence-electron chi connectivity index (χ2n) is 11.6. The van der Waals surface area contributed by atoms with Gasteiger partial charge in [0.25, 0.3) is 5.91 Å². The number of carbonyl (C=O) groups excluding carboxylic acids is 1. The lowest BCUT2D eigenvalue weighted by atomic mass is 10.00. The normalized spacial score (nSPS) is 22.2. The fourth-order valence-corrected chi connectivity index (χ4v) is 5.80. The first-order valence-electron chi connectivity index (χ1n) is 14.5. The Morgan fingerprint density at radius 2 is 1.68 bits per heavy atom. The zero-order chi connectivity index (χ0) is 28.1. The highest BCUT2D eigenvalue weighted by Crippen LogP contribution is 2.26. The number of halogens is 1. The fourth-order valence-electron chi connectivity index (χ4n) is 5.80. The van der Waals surface area contributed by atoms with Crippen molar-refractivity contribution >= 4 is 5.91 Å². The Morgan fingerprint density at radius 1 is 0.900 bits per heavy atom. The lowest BCUT2D eigenvalue weighted by Crippen LogP contribution is -2.53. The molecular formula is C33H42FN5O. The van der Waals surface area contributed by atoms with Crippen molar-refractivity contribution in [3.63, 3.8) is 0 Å². The summed E-state index contributed by atoms with van der Waals surface area (Å²) in [4.78, 5) is 17.9. The standard InChI is InChI=1S/C33H42FN5O/c1-23-19-38(13-12-35-23)21-27-6-4-8-29(14-27)31-16-26(10-11-32(31)34)18-37-33(40)30-9-5-7-28(15-30)22-39-20-24(2)36-17-25(39)3/h4-11,14-16,23-25,35-36H,12-13,17-22H2,1-3H3,(H,37,40)/t23-,24?,25?/m0/s1. The molecule has 0 spiro atoms. The number of nitrogens with zero attached hydrogens (tertiary/aromatic N) is 2. The monoisotopic (exact) mass is 543 g/mol. The van der Waals surface area contributed by atoms with Crippen LogP contribution in [0.3, 0.4) is 0 Å². The first kappa shape index (κ1) is 28.4. The van der Waals surface area contributed by atoms with Gasteiger partial charge in [0.1, 0.15) is 5.82 Å². The molecule has 0 aromatic heterocycles. The van der Waals surface area contributed by atoms with Gasteiger partial charge >= 0.3 is 0 Å². The van der Waals surface area contributed by atoms with Gasteiger partial charge in [-0.3, -0.25) is 14.6 Å². The van der Waals surface area contributed by atoms with Crippen LogP contribution in [0.5, 0.6) is 0 Å². The van der Waals surface area contributed by atoms with Crippen LogP contribution < -0.4 is 16.0 Å². The Morgan fingerprint density at radius 3 is 2.50 bits per heavy atom. The van der Waals surface area contributed by atoms with Crippen LogP contribution in [0.4, 0.5) is 4.39 Å². The number of amides is 1. The SMILES string of the molecule is CC1CN(Cc2cccc(C(=O)NCc3ccc(F)c(-c4cccc(CN5CCN[C@@H](C)C5)c4)c3)c2)C(C)CN1. The summed E-state index contributed by atoms with van der Waals surface area (Å²) in [5.41, 5.74) is 5.23. The van der Waals surface area contributed by atoms with Crippen molar-refractivity contribution in [2.24, 2.45) is 0 Å². The molecule has 3 N–H and O–H groups in total. The van der Waals surface area contributed by atoms with Gasteiger partial charge < -0.3 is 16.0 Å². The van der Waals surface area contributed by atoms with E-state index in [9.17, 15) is 9.18 Å². The molecular weight excluding hydrogens is 501 g/mol. The van der Waals surface area contributed by atoms with E-state index in [0.29, 0.717) is 35.8 Å².